The van der Waals surface area contributed by atoms with Gasteiger partial charge in [0.1, 0.15) is 5.82 Å². The van der Waals surface area contributed by atoms with Crippen LogP contribution in [0, 0.1) is 5.82 Å². The van der Waals surface area contributed by atoms with Gasteiger partial charge in [-0.15, -0.1) is 0 Å². The monoisotopic (exact) mass is 329 g/mol. The van der Waals surface area contributed by atoms with Gasteiger partial charge in [0.15, 0.2) is 0 Å². The topological polar surface area (TPSA) is 53.9 Å². The zero-order valence-electron chi connectivity index (χ0n) is 11.6. The third-order valence-corrected chi connectivity index (χ3v) is 3.22. The molecule has 112 valence electrons. The molecule has 0 aliphatic rings. The molecule has 0 spiro atoms. The molecule has 0 atom stereocenters. The molecule has 1 heterocycles. The summed E-state index contributed by atoms with van der Waals surface area (Å²) in [5, 5.41) is 3.21. The Hall–Kier alpha value is -1.66. The molecule has 0 aliphatic carbocycles. The molecular weight excluding hydrogens is 316 g/mol. The Kier molecular flexibility index (Phi) is 5.14. The van der Waals surface area contributed by atoms with Crippen LogP contribution in [0.25, 0.3) is 0 Å². The minimum Gasteiger partial charge on any atom is -0.341 e. The van der Waals surface area contributed by atoms with E-state index in [0.29, 0.717) is 11.0 Å². The van der Waals surface area contributed by atoms with Crippen LogP contribution < -0.4 is 10.2 Å². The standard InChI is InChI=1S/C13H14Cl2FN5/c1-3-21(4-2)13-19-11(15)18-12(20-13)17-10-7-8(14)5-6-9(10)16/h5-7H,3-4H2,1-2H3,(H,17,18,19,20). The summed E-state index contributed by atoms with van der Waals surface area (Å²) in [5.74, 6) is 0.142. The largest absolute Gasteiger partial charge is 0.341 e. The number of nitrogens with one attached hydrogen (secondary N) is 1. The van der Waals surface area contributed by atoms with Gasteiger partial charge in [0.2, 0.25) is 17.2 Å². The summed E-state index contributed by atoms with van der Waals surface area (Å²) in [6, 6.07) is 4.17. The van der Waals surface area contributed by atoms with Crippen LogP contribution in [-0.2, 0) is 0 Å². The molecule has 0 saturated heterocycles. The van der Waals surface area contributed by atoms with Crippen molar-refractivity contribution in [3.05, 3.63) is 34.3 Å². The number of aromatic nitrogens is 3. The Balaban J connectivity index is 2.34. The minimum atomic E-state index is -0.458. The molecular formula is C13H14Cl2FN5. The lowest BCUT2D eigenvalue weighted by atomic mass is 10.3. The third-order valence-electron chi connectivity index (χ3n) is 2.82. The van der Waals surface area contributed by atoms with Crippen LogP contribution in [0.15, 0.2) is 18.2 Å². The summed E-state index contributed by atoms with van der Waals surface area (Å²) >= 11 is 11.7. The summed E-state index contributed by atoms with van der Waals surface area (Å²) < 4.78 is 13.7. The number of rotatable bonds is 5. The van der Waals surface area contributed by atoms with E-state index in [9.17, 15) is 4.39 Å². The highest BCUT2D eigenvalue weighted by molar-refractivity contribution is 6.30. The molecule has 5 nitrogen and oxygen atoms in total. The van der Waals surface area contributed by atoms with Crippen LogP contribution in [-0.4, -0.2) is 28.0 Å². The van der Waals surface area contributed by atoms with E-state index < -0.39 is 5.82 Å². The molecule has 1 N–H and O–H groups in total. The quantitative estimate of drug-likeness (QED) is 0.901. The summed E-state index contributed by atoms with van der Waals surface area (Å²) in [5.41, 5.74) is 0.176. The second-order valence-electron chi connectivity index (χ2n) is 4.15. The lowest BCUT2D eigenvalue weighted by molar-refractivity contribution is 0.631. The summed E-state index contributed by atoms with van der Waals surface area (Å²) in [6.07, 6.45) is 0. The smallest absolute Gasteiger partial charge is 0.233 e. The summed E-state index contributed by atoms with van der Waals surface area (Å²) in [7, 11) is 0. The van der Waals surface area contributed by atoms with Crippen molar-refractivity contribution >= 4 is 40.8 Å². The first-order valence-electron chi connectivity index (χ1n) is 6.42. The average Bonchev–Trinajstić information content (AvgIpc) is 2.44. The number of hydrogen-bond donors (Lipinski definition) is 1. The SMILES string of the molecule is CCN(CC)c1nc(Cl)nc(Nc2cc(Cl)ccc2F)n1. The second-order valence-corrected chi connectivity index (χ2v) is 4.92. The highest BCUT2D eigenvalue weighted by atomic mass is 35.5. The Labute approximate surface area is 132 Å². The van der Waals surface area contributed by atoms with Gasteiger partial charge >= 0.3 is 0 Å². The van der Waals surface area contributed by atoms with Crippen molar-refractivity contribution in [2.45, 2.75) is 13.8 Å². The van der Waals surface area contributed by atoms with Crippen LogP contribution in [0.4, 0.5) is 22.0 Å². The van der Waals surface area contributed by atoms with Crippen molar-refractivity contribution in [2.24, 2.45) is 0 Å². The van der Waals surface area contributed by atoms with E-state index in [4.69, 9.17) is 23.2 Å². The van der Waals surface area contributed by atoms with Gasteiger partial charge in [-0.3, -0.25) is 0 Å². The molecule has 21 heavy (non-hydrogen) atoms. The number of halogens is 3. The van der Waals surface area contributed by atoms with Gasteiger partial charge in [0.05, 0.1) is 5.69 Å². The number of benzene rings is 1. The van der Waals surface area contributed by atoms with Gasteiger partial charge in [0, 0.05) is 18.1 Å². The maximum atomic E-state index is 13.7. The Bertz CT molecular complexity index is 634. The fourth-order valence-corrected chi connectivity index (χ4v) is 2.08. The van der Waals surface area contributed by atoms with Gasteiger partial charge in [-0.2, -0.15) is 15.0 Å². The van der Waals surface area contributed by atoms with E-state index in [1.165, 1.54) is 18.2 Å². The number of nitrogens with zero attached hydrogens (tertiary/aromatic N) is 4. The molecule has 0 saturated carbocycles. The molecule has 1 aromatic carbocycles. The summed E-state index contributed by atoms with van der Waals surface area (Å²) in [4.78, 5) is 14.2. The van der Waals surface area contributed by atoms with E-state index in [1.807, 2.05) is 18.7 Å². The molecule has 0 amide bonds. The van der Waals surface area contributed by atoms with Gasteiger partial charge in [0.25, 0.3) is 0 Å². The predicted octanol–water partition coefficient (Wildman–Crippen LogP) is 3.91. The fraction of sp³-hybridized carbons (Fsp3) is 0.308. The molecule has 8 heteroatoms. The molecule has 0 unspecified atom stereocenters. The molecule has 0 aliphatic heterocycles. The van der Waals surface area contributed by atoms with Crippen LogP contribution in [0.5, 0.6) is 0 Å². The van der Waals surface area contributed by atoms with Crippen LogP contribution in [0.2, 0.25) is 10.3 Å². The molecule has 0 radical (unpaired) electrons. The van der Waals surface area contributed by atoms with Crippen molar-refractivity contribution in [3.8, 4) is 0 Å². The molecule has 1 aromatic heterocycles. The average molecular weight is 330 g/mol. The van der Waals surface area contributed by atoms with Gasteiger partial charge in [-0.05, 0) is 43.6 Å². The van der Waals surface area contributed by atoms with Crippen molar-refractivity contribution in [3.63, 3.8) is 0 Å². The lowest BCUT2D eigenvalue weighted by Gasteiger charge is -2.18. The van der Waals surface area contributed by atoms with Crippen LogP contribution in [0.3, 0.4) is 0 Å². The van der Waals surface area contributed by atoms with E-state index in [-0.39, 0.29) is 16.9 Å². The number of anilines is 3. The second kappa shape index (κ2) is 6.87. The van der Waals surface area contributed by atoms with Crippen LogP contribution >= 0.6 is 23.2 Å². The highest BCUT2D eigenvalue weighted by Crippen LogP contribution is 2.23. The molecule has 2 aromatic rings. The van der Waals surface area contributed by atoms with Crippen molar-refractivity contribution in [1.29, 1.82) is 0 Å². The maximum absolute atomic E-state index is 13.7. The molecule has 0 bridgehead atoms. The zero-order chi connectivity index (χ0) is 15.4. The molecule has 0 fully saturated rings. The lowest BCUT2D eigenvalue weighted by Crippen LogP contribution is -2.24. The fourth-order valence-electron chi connectivity index (χ4n) is 1.76. The highest BCUT2D eigenvalue weighted by Gasteiger charge is 2.12. The van der Waals surface area contributed by atoms with Gasteiger partial charge in [-0.25, -0.2) is 4.39 Å². The van der Waals surface area contributed by atoms with E-state index >= 15 is 0 Å². The zero-order valence-corrected chi connectivity index (χ0v) is 13.1. The number of hydrogen-bond acceptors (Lipinski definition) is 5. The Morgan fingerprint density at radius 1 is 1.14 bits per heavy atom. The van der Waals surface area contributed by atoms with E-state index in [2.05, 4.69) is 20.3 Å². The maximum Gasteiger partial charge on any atom is 0.233 e. The summed E-state index contributed by atoms with van der Waals surface area (Å²) in [6.45, 7) is 5.40. The first kappa shape index (κ1) is 15.7. The Morgan fingerprint density at radius 2 is 1.86 bits per heavy atom. The first-order chi connectivity index (χ1) is 10.0. The first-order valence-corrected chi connectivity index (χ1v) is 7.17. The normalized spacial score (nSPS) is 10.5. The minimum absolute atomic E-state index is 0.0387. The van der Waals surface area contributed by atoms with Gasteiger partial charge < -0.3 is 10.2 Å². The third kappa shape index (κ3) is 3.92. The van der Waals surface area contributed by atoms with Crippen molar-refractivity contribution in [2.75, 3.05) is 23.3 Å². The van der Waals surface area contributed by atoms with Gasteiger partial charge in [-0.1, -0.05) is 11.6 Å². The predicted molar refractivity (Wildman–Crippen MR) is 83.1 cm³/mol. The Morgan fingerprint density at radius 3 is 2.52 bits per heavy atom. The molecule has 2 rings (SSSR count). The van der Waals surface area contributed by atoms with E-state index in [1.54, 1.807) is 0 Å². The van der Waals surface area contributed by atoms with Crippen molar-refractivity contribution in [1.82, 2.24) is 15.0 Å². The van der Waals surface area contributed by atoms with Crippen molar-refractivity contribution < 1.29 is 4.39 Å². The van der Waals surface area contributed by atoms with Crippen LogP contribution in [0.1, 0.15) is 13.8 Å². The van der Waals surface area contributed by atoms with E-state index in [0.717, 1.165) is 13.1 Å².